The fourth-order valence-corrected chi connectivity index (χ4v) is 4.97. The minimum atomic E-state index is -0.0681. The van der Waals surface area contributed by atoms with Crippen molar-refractivity contribution in [3.8, 4) is 11.5 Å². The van der Waals surface area contributed by atoms with E-state index in [2.05, 4.69) is 21.3 Å². The Labute approximate surface area is 183 Å². The molecule has 31 heavy (non-hydrogen) atoms. The van der Waals surface area contributed by atoms with Crippen LogP contribution in [0.2, 0.25) is 0 Å². The van der Waals surface area contributed by atoms with E-state index < -0.39 is 0 Å². The Morgan fingerprint density at radius 3 is 2.55 bits per heavy atom. The largest absolute Gasteiger partial charge is 0.457 e. The quantitative estimate of drug-likeness (QED) is 0.654. The molecule has 158 valence electrons. The second-order valence-electron chi connectivity index (χ2n) is 8.42. The monoisotopic (exact) mass is 413 g/mol. The maximum atomic E-state index is 13.4. The van der Waals surface area contributed by atoms with Crippen LogP contribution in [0, 0.1) is 5.92 Å². The zero-order chi connectivity index (χ0) is 21.0. The van der Waals surface area contributed by atoms with Gasteiger partial charge in [-0.05, 0) is 74.2 Å². The highest BCUT2D eigenvalue weighted by Gasteiger charge is 2.43. The highest BCUT2D eigenvalue weighted by atomic mass is 16.5. The lowest BCUT2D eigenvalue weighted by atomic mass is 9.76. The number of fused-ring (bicyclic) bond motifs is 3. The number of hydrogen-bond donors (Lipinski definition) is 1. The molecule has 2 unspecified atom stereocenters. The maximum Gasteiger partial charge on any atom is 0.255 e. The average molecular weight is 414 g/mol. The van der Waals surface area contributed by atoms with Crippen molar-refractivity contribution < 1.29 is 9.53 Å². The van der Waals surface area contributed by atoms with Crippen LogP contribution in [-0.2, 0) is 6.42 Å². The number of benzene rings is 2. The third kappa shape index (κ3) is 4.32. The molecule has 0 radical (unpaired) electrons. The molecule has 2 aromatic carbocycles. The molecule has 1 amide bonds. The second-order valence-corrected chi connectivity index (χ2v) is 8.42. The number of carbonyl (C=O) groups excluding carboxylic acids is 1. The first-order valence-electron chi connectivity index (χ1n) is 11.0. The Hall–Kier alpha value is -3.18. The summed E-state index contributed by atoms with van der Waals surface area (Å²) in [6, 6.07) is 21.6. The lowest BCUT2D eigenvalue weighted by molar-refractivity contribution is 0.0135. The normalized spacial score (nSPS) is 24.5. The lowest BCUT2D eigenvalue weighted by Crippen LogP contribution is -2.64. The third-order valence-corrected chi connectivity index (χ3v) is 6.53. The van der Waals surface area contributed by atoms with E-state index in [4.69, 9.17) is 4.74 Å². The van der Waals surface area contributed by atoms with Gasteiger partial charge in [0.1, 0.15) is 11.5 Å². The third-order valence-electron chi connectivity index (χ3n) is 6.53. The Balaban J connectivity index is 1.36. The number of amides is 1. The number of hydrogen-bond acceptors (Lipinski definition) is 4. The average Bonchev–Trinajstić information content (AvgIpc) is 2.83. The van der Waals surface area contributed by atoms with Gasteiger partial charge in [-0.3, -0.25) is 14.7 Å². The summed E-state index contributed by atoms with van der Waals surface area (Å²) >= 11 is 0. The minimum absolute atomic E-state index is 0.0681. The van der Waals surface area contributed by atoms with Gasteiger partial charge in [-0.25, -0.2) is 0 Å². The fraction of sp³-hybridized carbons (Fsp3) is 0.308. The number of aromatic nitrogens is 1. The summed E-state index contributed by atoms with van der Waals surface area (Å²) in [6.07, 6.45) is 6.91. The van der Waals surface area contributed by atoms with Crippen LogP contribution in [0.3, 0.4) is 0 Å². The highest BCUT2D eigenvalue weighted by molar-refractivity contribution is 5.97. The molecule has 2 atom stereocenters. The van der Waals surface area contributed by atoms with Crippen molar-refractivity contribution in [2.75, 3.05) is 13.1 Å². The molecule has 0 spiro atoms. The van der Waals surface area contributed by atoms with Gasteiger partial charge in [-0.15, -0.1) is 0 Å². The number of ether oxygens (including phenoxy) is 1. The molecule has 3 aromatic rings. The number of para-hydroxylation sites is 2. The molecule has 3 fully saturated rings. The van der Waals surface area contributed by atoms with Crippen LogP contribution >= 0.6 is 0 Å². The van der Waals surface area contributed by atoms with Crippen molar-refractivity contribution >= 4 is 5.91 Å². The molecular formula is C26H27N3O2. The fourth-order valence-electron chi connectivity index (χ4n) is 4.97. The number of rotatable bonds is 6. The molecule has 6 rings (SSSR count). The van der Waals surface area contributed by atoms with Crippen LogP contribution in [0.5, 0.6) is 11.5 Å². The summed E-state index contributed by atoms with van der Waals surface area (Å²) in [5.41, 5.74) is 1.79. The first-order chi connectivity index (χ1) is 15.3. The van der Waals surface area contributed by atoms with E-state index in [-0.39, 0.29) is 11.9 Å². The van der Waals surface area contributed by atoms with Gasteiger partial charge in [0, 0.05) is 24.5 Å². The molecule has 0 aliphatic carbocycles. The second kappa shape index (κ2) is 8.90. The van der Waals surface area contributed by atoms with E-state index in [1.165, 1.54) is 5.56 Å². The standard InChI is InChI=1S/C26H27N3O2/c30-26(22-10-4-5-11-24(22)31-21-8-2-1-3-9-21)28-25-20-12-15-29(16-13-20)23(25)17-19-7-6-14-27-18-19/h1-11,14,18,20,23,25H,12-13,15-17H2,(H,28,30). The molecule has 5 heteroatoms. The van der Waals surface area contributed by atoms with E-state index in [9.17, 15) is 4.79 Å². The predicted molar refractivity (Wildman–Crippen MR) is 120 cm³/mol. The van der Waals surface area contributed by atoms with E-state index in [1.54, 1.807) is 6.20 Å². The van der Waals surface area contributed by atoms with Crippen LogP contribution in [0.25, 0.3) is 0 Å². The number of piperidine rings is 3. The zero-order valence-corrected chi connectivity index (χ0v) is 17.5. The van der Waals surface area contributed by atoms with Crippen molar-refractivity contribution in [1.82, 2.24) is 15.2 Å². The van der Waals surface area contributed by atoms with Crippen molar-refractivity contribution in [3.05, 3.63) is 90.3 Å². The summed E-state index contributed by atoms with van der Waals surface area (Å²) in [5.74, 6) is 1.75. The number of carbonyl (C=O) groups is 1. The molecule has 1 N–H and O–H groups in total. The van der Waals surface area contributed by atoms with Crippen LogP contribution in [0.4, 0.5) is 0 Å². The zero-order valence-electron chi connectivity index (χ0n) is 17.5. The molecule has 5 nitrogen and oxygen atoms in total. The van der Waals surface area contributed by atoms with Gasteiger partial charge in [0.05, 0.1) is 5.56 Å². The Bertz CT molecular complexity index is 1020. The lowest BCUT2D eigenvalue weighted by Gasteiger charge is -2.51. The van der Waals surface area contributed by atoms with Gasteiger partial charge in [0.15, 0.2) is 0 Å². The van der Waals surface area contributed by atoms with E-state index >= 15 is 0 Å². The molecule has 0 saturated carbocycles. The maximum absolute atomic E-state index is 13.4. The highest BCUT2D eigenvalue weighted by Crippen LogP contribution is 2.34. The summed E-state index contributed by atoms with van der Waals surface area (Å²) in [7, 11) is 0. The van der Waals surface area contributed by atoms with Gasteiger partial charge in [0.2, 0.25) is 0 Å². The number of pyridine rings is 1. The van der Waals surface area contributed by atoms with Gasteiger partial charge in [0.25, 0.3) is 5.91 Å². The van der Waals surface area contributed by atoms with Crippen LogP contribution < -0.4 is 10.1 Å². The van der Waals surface area contributed by atoms with Gasteiger partial charge in [-0.2, -0.15) is 0 Å². The van der Waals surface area contributed by atoms with Crippen LogP contribution in [-0.4, -0.2) is 41.0 Å². The van der Waals surface area contributed by atoms with Crippen LogP contribution in [0.15, 0.2) is 79.1 Å². The molecule has 2 bridgehead atoms. The molecule has 3 aliphatic rings. The summed E-state index contributed by atoms with van der Waals surface area (Å²) in [5, 5.41) is 3.38. The van der Waals surface area contributed by atoms with Crippen molar-refractivity contribution in [2.24, 2.45) is 5.92 Å². The van der Waals surface area contributed by atoms with E-state index in [0.717, 1.165) is 38.1 Å². The number of nitrogens with zero attached hydrogens (tertiary/aromatic N) is 2. The van der Waals surface area contributed by atoms with Crippen molar-refractivity contribution in [1.29, 1.82) is 0 Å². The first-order valence-corrected chi connectivity index (χ1v) is 11.0. The van der Waals surface area contributed by atoms with Gasteiger partial charge in [-0.1, -0.05) is 36.4 Å². The molecule has 1 aromatic heterocycles. The Morgan fingerprint density at radius 1 is 1.00 bits per heavy atom. The van der Waals surface area contributed by atoms with Gasteiger partial charge >= 0.3 is 0 Å². The van der Waals surface area contributed by atoms with Crippen LogP contribution in [0.1, 0.15) is 28.8 Å². The smallest absolute Gasteiger partial charge is 0.255 e. The Morgan fingerprint density at radius 2 is 1.77 bits per heavy atom. The summed E-state index contributed by atoms with van der Waals surface area (Å²) < 4.78 is 6.02. The minimum Gasteiger partial charge on any atom is -0.457 e. The first kappa shape index (κ1) is 19.8. The van der Waals surface area contributed by atoms with Crippen molar-refractivity contribution in [2.45, 2.75) is 31.3 Å². The molecule has 3 saturated heterocycles. The summed E-state index contributed by atoms with van der Waals surface area (Å²) in [6.45, 7) is 2.21. The molecule has 4 heterocycles. The predicted octanol–water partition coefficient (Wildman–Crippen LogP) is 4.31. The Kier molecular flexibility index (Phi) is 5.67. The topological polar surface area (TPSA) is 54.5 Å². The van der Waals surface area contributed by atoms with E-state index in [0.29, 0.717) is 23.3 Å². The summed E-state index contributed by atoms with van der Waals surface area (Å²) in [4.78, 5) is 20.2. The van der Waals surface area contributed by atoms with Gasteiger partial charge < -0.3 is 10.1 Å². The van der Waals surface area contributed by atoms with E-state index in [1.807, 2.05) is 66.9 Å². The molecular weight excluding hydrogens is 386 g/mol. The van der Waals surface area contributed by atoms with Crippen molar-refractivity contribution in [3.63, 3.8) is 0 Å². The SMILES string of the molecule is O=C(NC1C2CCN(CC2)C1Cc1cccnc1)c1ccccc1Oc1ccccc1. The number of nitrogens with one attached hydrogen (secondary N) is 1. The molecule has 3 aliphatic heterocycles.